The number of hydrogen-bond donors (Lipinski definition) is 0. The number of benzene rings is 2. The Morgan fingerprint density at radius 1 is 1.28 bits per heavy atom. The van der Waals surface area contributed by atoms with E-state index in [9.17, 15) is 4.79 Å². The van der Waals surface area contributed by atoms with Gasteiger partial charge in [-0.25, -0.2) is 0 Å². The quantitative estimate of drug-likeness (QED) is 0.568. The van der Waals surface area contributed by atoms with Gasteiger partial charge in [0.15, 0.2) is 4.80 Å². The smallest absolute Gasteiger partial charge is 0.279 e. The van der Waals surface area contributed by atoms with Crippen LogP contribution in [0.4, 0.5) is 0 Å². The van der Waals surface area contributed by atoms with Gasteiger partial charge in [0.25, 0.3) is 5.91 Å². The second kappa shape index (κ2) is 7.05. The second-order valence-corrected chi connectivity index (χ2v) is 7.50. The minimum atomic E-state index is -0.305. The number of aryl methyl sites for hydroxylation is 2. The molecule has 0 aliphatic rings. The van der Waals surface area contributed by atoms with Crippen molar-refractivity contribution in [3.63, 3.8) is 0 Å². The lowest BCUT2D eigenvalue weighted by atomic mass is 10.1. The van der Waals surface area contributed by atoms with Gasteiger partial charge in [-0.3, -0.25) is 4.79 Å². The number of amides is 1. The summed E-state index contributed by atoms with van der Waals surface area (Å²) in [5, 5.41) is 1.01. The van der Waals surface area contributed by atoms with Gasteiger partial charge >= 0.3 is 0 Å². The Labute approximate surface area is 159 Å². The van der Waals surface area contributed by atoms with Crippen LogP contribution < -0.4 is 4.80 Å². The molecule has 126 valence electrons. The van der Waals surface area contributed by atoms with Gasteiger partial charge in [0.05, 0.1) is 21.8 Å². The number of carbonyl (C=O) groups excluding carboxylic acids is 1. The maximum absolute atomic E-state index is 12.7. The molecular formula is C19H14Cl2N2OS. The van der Waals surface area contributed by atoms with Crippen molar-refractivity contribution >= 4 is 50.7 Å². The second-order valence-electron chi connectivity index (χ2n) is 5.64. The molecule has 2 aromatic carbocycles. The number of fused-ring (bicyclic) bond motifs is 1. The van der Waals surface area contributed by atoms with Gasteiger partial charge in [0.1, 0.15) is 0 Å². The maximum atomic E-state index is 12.7. The van der Waals surface area contributed by atoms with Gasteiger partial charge in [-0.05, 0) is 37.6 Å². The number of halogens is 2. The molecule has 3 nitrogen and oxygen atoms in total. The normalized spacial score (nSPS) is 11.7. The summed E-state index contributed by atoms with van der Waals surface area (Å²) in [6.07, 6.45) is 5.48. The third kappa shape index (κ3) is 3.50. The van der Waals surface area contributed by atoms with Crippen molar-refractivity contribution < 1.29 is 4.79 Å². The molecule has 0 aliphatic heterocycles. The maximum Gasteiger partial charge on any atom is 0.279 e. The molecule has 25 heavy (non-hydrogen) atoms. The summed E-state index contributed by atoms with van der Waals surface area (Å²) >= 11 is 13.7. The van der Waals surface area contributed by atoms with Gasteiger partial charge in [-0.15, -0.1) is 6.42 Å². The van der Waals surface area contributed by atoms with Crippen molar-refractivity contribution in [3.05, 3.63) is 61.9 Å². The minimum absolute atomic E-state index is 0.264. The van der Waals surface area contributed by atoms with Crippen LogP contribution in [-0.4, -0.2) is 10.5 Å². The molecule has 6 heteroatoms. The van der Waals surface area contributed by atoms with Crippen LogP contribution in [0.2, 0.25) is 10.0 Å². The molecule has 0 unspecified atom stereocenters. The first-order valence-corrected chi connectivity index (χ1v) is 9.06. The van der Waals surface area contributed by atoms with Gasteiger partial charge in [0, 0.05) is 10.6 Å². The van der Waals surface area contributed by atoms with Crippen LogP contribution in [0.5, 0.6) is 0 Å². The zero-order valence-corrected chi connectivity index (χ0v) is 16.0. The minimum Gasteiger partial charge on any atom is -0.303 e. The molecule has 1 amide bonds. The molecule has 0 aliphatic carbocycles. The van der Waals surface area contributed by atoms with E-state index in [-0.39, 0.29) is 12.5 Å². The van der Waals surface area contributed by atoms with Crippen LogP contribution in [0.15, 0.2) is 35.3 Å². The lowest BCUT2D eigenvalue weighted by Crippen LogP contribution is -2.17. The Hall–Kier alpha value is -2.06. The Bertz CT molecular complexity index is 1100. The third-order valence-electron chi connectivity index (χ3n) is 3.77. The van der Waals surface area contributed by atoms with E-state index in [2.05, 4.69) is 10.9 Å². The van der Waals surface area contributed by atoms with Crippen LogP contribution in [0.1, 0.15) is 21.5 Å². The summed E-state index contributed by atoms with van der Waals surface area (Å²) in [6.45, 7) is 4.09. The van der Waals surface area contributed by atoms with Crippen molar-refractivity contribution in [2.24, 2.45) is 4.99 Å². The predicted molar refractivity (Wildman–Crippen MR) is 104 cm³/mol. The fourth-order valence-corrected chi connectivity index (χ4v) is 4.38. The summed E-state index contributed by atoms with van der Waals surface area (Å²) in [5.41, 5.74) is 3.20. The average Bonchev–Trinajstić information content (AvgIpc) is 2.87. The van der Waals surface area contributed by atoms with Gasteiger partial charge < -0.3 is 4.57 Å². The summed E-state index contributed by atoms with van der Waals surface area (Å²) in [5.74, 6) is 2.28. The molecule has 0 spiro atoms. The Morgan fingerprint density at radius 2 is 2.04 bits per heavy atom. The molecular weight excluding hydrogens is 375 g/mol. The topological polar surface area (TPSA) is 34.4 Å². The molecule has 1 aromatic heterocycles. The number of thiazole rings is 1. The first kappa shape index (κ1) is 17.8. The van der Waals surface area contributed by atoms with Crippen LogP contribution in [0, 0.1) is 26.2 Å². The fraction of sp³-hybridized carbons (Fsp3) is 0.158. The predicted octanol–water partition coefficient (Wildman–Crippen LogP) is 5.00. The molecule has 0 fully saturated rings. The molecule has 1 heterocycles. The van der Waals surface area contributed by atoms with E-state index >= 15 is 0 Å². The molecule has 0 bridgehead atoms. The fourth-order valence-electron chi connectivity index (χ4n) is 2.57. The van der Waals surface area contributed by atoms with Gasteiger partial charge in [-0.2, -0.15) is 4.99 Å². The number of carbonyl (C=O) groups is 1. The van der Waals surface area contributed by atoms with Crippen molar-refractivity contribution in [3.8, 4) is 12.3 Å². The SMILES string of the molecule is C#CCn1c(=NC(=O)c2cc(C)ccc2C)sc2cc(Cl)cc(Cl)c21. The van der Waals surface area contributed by atoms with Crippen LogP contribution in [0.3, 0.4) is 0 Å². The molecule has 0 N–H and O–H groups in total. The molecule has 3 rings (SSSR count). The zero-order valence-electron chi connectivity index (χ0n) is 13.6. The Balaban J connectivity index is 2.24. The van der Waals surface area contributed by atoms with E-state index in [1.54, 1.807) is 16.7 Å². The van der Waals surface area contributed by atoms with E-state index in [0.717, 1.165) is 21.3 Å². The Morgan fingerprint density at radius 3 is 2.76 bits per heavy atom. The molecule has 0 atom stereocenters. The monoisotopic (exact) mass is 388 g/mol. The molecule has 3 aromatic rings. The highest BCUT2D eigenvalue weighted by atomic mass is 35.5. The van der Waals surface area contributed by atoms with Crippen LogP contribution in [-0.2, 0) is 6.54 Å². The van der Waals surface area contributed by atoms with Crippen molar-refractivity contribution in [1.29, 1.82) is 0 Å². The summed E-state index contributed by atoms with van der Waals surface area (Å²) in [7, 11) is 0. The number of aromatic nitrogens is 1. The lowest BCUT2D eigenvalue weighted by molar-refractivity contribution is 0.0997. The van der Waals surface area contributed by atoms with E-state index in [1.165, 1.54) is 11.3 Å². The van der Waals surface area contributed by atoms with Crippen molar-refractivity contribution in [1.82, 2.24) is 4.57 Å². The highest BCUT2D eigenvalue weighted by molar-refractivity contribution is 7.16. The highest BCUT2D eigenvalue weighted by Crippen LogP contribution is 2.29. The first-order chi connectivity index (χ1) is 11.9. The third-order valence-corrected chi connectivity index (χ3v) is 5.30. The summed E-state index contributed by atoms with van der Waals surface area (Å²) in [4.78, 5) is 17.5. The number of nitrogens with zero attached hydrogens (tertiary/aromatic N) is 2. The molecule has 0 saturated heterocycles. The van der Waals surface area contributed by atoms with E-state index in [4.69, 9.17) is 29.6 Å². The van der Waals surface area contributed by atoms with Gasteiger partial charge in [0.2, 0.25) is 0 Å². The van der Waals surface area contributed by atoms with Crippen molar-refractivity contribution in [2.75, 3.05) is 0 Å². The lowest BCUT2D eigenvalue weighted by Gasteiger charge is -2.04. The Kier molecular flexibility index (Phi) is 5.01. The number of rotatable bonds is 2. The van der Waals surface area contributed by atoms with Crippen LogP contribution in [0.25, 0.3) is 10.2 Å². The largest absolute Gasteiger partial charge is 0.303 e. The zero-order chi connectivity index (χ0) is 18.1. The highest BCUT2D eigenvalue weighted by Gasteiger charge is 2.13. The van der Waals surface area contributed by atoms with E-state index < -0.39 is 0 Å². The van der Waals surface area contributed by atoms with Gasteiger partial charge in [-0.1, -0.05) is 58.2 Å². The summed E-state index contributed by atoms with van der Waals surface area (Å²) < 4.78 is 2.60. The van der Waals surface area contributed by atoms with Crippen molar-refractivity contribution in [2.45, 2.75) is 20.4 Å². The van der Waals surface area contributed by atoms with E-state index in [0.29, 0.717) is 20.4 Å². The first-order valence-electron chi connectivity index (χ1n) is 7.49. The summed E-state index contributed by atoms with van der Waals surface area (Å²) in [6, 6.07) is 9.16. The molecule has 0 radical (unpaired) electrons. The molecule has 0 saturated carbocycles. The average molecular weight is 389 g/mol. The number of hydrogen-bond acceptors (Lipinski definition) is 2. The standard InChI is InChI=1S/C19H14Cl2N2OS/c1-4-7-23-17-15(21)9-13(20)10-16(17)25-19(23)22-18(24)14-8-11(2)5-6-12(14)3/h1,5-6,8-10H,7H2,2-3H3. The van der Waals surface area contributed by atoms with E-state index in [1.807, 2.05) is 32.0 Å². The van der Waals surface area contributed by atoms with Crippen LogP contribution >= 0.6 is 34.5 Å². The number of terminal acetylenes is 1.